The molecule has 4 heteroatoms. The Kier molecular flexibility index (Phi) is 2.95. The third-order valence-electron chi connectivity index (χ3n) is 2.67. The number of anilines is 1. The van der Waals surface area contributed by atoms with Gasteiger partial charge in [-0.05, 0) is 36.6 Å². The first-order valence-corrected chi connectivity index (χ1v) is 5.74. The molecule has 0 aromatic heterocycles. The lowest BCUT2D eigenvalue weighted by molar-refractivity contribution is -0.138. The molecule has 15 heavy (non-hydrogen) atoms. The molecule has 0 bridgehead atoms. The Bertz CT molecular complexity index is 392. The molecule has 0 amide bonds. The van der Waals surface area contributed by atoms with Gasteiger partial charge >= 0.3 is 5.97 Å². The van der Waals surface area contributed by atoms with Crippen LogP contribution < -0.4 is 5.32 Å². The van der Waals surface area contributed by atoms with Crippen LogP contribution in [0, 0.1) is 0 Å². The van der Waals surface area contributed by atoms with Crippen molar-refractivity contribution in [2.45, 2.75) is 18.8 Å². The molecule has 1 heterocycles. The summed E-state index contributed by atoms with van der Waals surface area (Å²) in [5, 5.41) is 12.4. The Hall–Kier alpha value is -1.03. The Labute approximate surface area is 96.6 Å². The topological polar surface area (TPSA) is 49.3 Å². The molecule has 1 atom stereocenters. The molecular weight excluding hydrogens is 258 g/mol. The van der Waals surface area contributed by atoms with E-state index in [1.807, 2.05) is 18.2 Å². The average molecular weight is 270 g/mol. The van der Waals surface area contributed by atoms with E-state index >= 15 is 0 Å². The van der Waals surface area contributed by atoms with Crippen molar-refractivity contribution in [1.82, 2.24) is 0 Å². The van der Waals surface area contributed by atoms with Gasteiger partial charge in [0.05, 0.1) is 5.92 Å². The van der Waals surface area contributed by atoms with Gasteiger partial charge in [-0.25, -0.2) is 0 Å². The van der Waals surface area contributed by atoms with E-state index in [1.54, 1.807) is 0 Å². The van der Waals surface area contributed by atoms with Crippen molar-refractivity contribution in [3.63, 3.8) is 0 Å². The highest BCUT2D eigenvalue weighted by molar-refractivity contribution is 9.10. The number of nitrogens with one attached hydrogen (secondary N) is 1. The zero-order valence-electron chi connectivity index (χ0n) is 8.16. The molecule has 0 saturated heterocycles. The molecular formula is C11H12BrNO2. The standard InChI is InChI=1S/C11H12BrNO2/c12-7-3-4-10-9(6-7)8(11(14)15)2-1-5-13-10/h3-4,6,8,13H,1-2,5H2,(H,14,15). The van der Waals surface area contributed by atoms with E-state index < -0.39 is 5.97 Å². The largest absolute Gasteiger partial charge is 0.481 e. The number of carbonyl (C=O) groups is 1. The van der Waals surface area contributed by atoms with Crippen molar-refractivity contribution >= 4 is 27.6 Å². The number of aliphatic carboxylic acids is 1. The Morgan fingerprint density at radius 1 is 1.53 bits per heavy atom. The summed E-state index contributed by atoms with van der Waals surface area (Å²) in [5.74, 6) is -1.12. The van der Waals surface area contributed by atoms with Gasteiger partial charge in [-0.1, -0.05) is 15.9 Å². The fraction of sp³-hybridized carbons (Fsp3) is 0.364. The first-order valence-electron chi connectivity index (χ1n) is 4.94. The number of fused-ring (bicyclic) bond motifs is 1. The maximum atomic E-state index is 11.1. The number of halogens is 1. The van der Waals surface area contributed by atoms with Crippen LogP contribution in [0.25, 0.3) is 0 Å². The maximum Gasteiger partial charge on any atom is 0.311 e. The molecule has 1 aromatic rings. The molecule has 0 fully saturated rings. The van der Waals surface area contributed by atoms with Gasteiger partial charge in [0.1, 0.15) is 0 Å². The van der Waals surface area contributed by atoms with Crippen LogP contribution in [-0.4, -0.2) is 17.6 Å². The van der Waals surface area contributed by atoms with Crippen molar-refractivity contribution in [3.05, 3.63) is 28.2 Å². The van der Waals surface area contributed by atoms with E-state index in [9.17, 15) is 4.79 Å². The maximum absolute atomic E-state index is 11.1. The van der Waals surface area contributed by atoms with E-state index in [2.05, 4.69) is 21.2 Å². The fourth-order valence-electron chi connectivity index (χ4n) is 1.92. The zero-order valence-corrected chi connectivity index (χ0v) is 9.75. The molecule has 1 aromatic carbocycles. The minimum Gasteiger partial charge on any atom is -0.481 e. The second-order valence-electron chi connectivity index (χ2n) is 3.69. The lowest BCUT2D eigenvalue weighted by Gasteiger charge is -2.13. The highest BCUT2D eigenvalue weighted by atomic mass is 79.9. The van der Waals surface area contributed by atoms with E-state index in [-0.39, 0.29) is 5.92 Å². The molecule has 1 unspecified atom stereocenters. The first kappa shape index (κ1) is 10.5. The highest BCUT2D eigenvalue weighted by Gasteiger charge is 2.24. The van der Waals surface area contributed by atoms with E-state index in [1.165, 1.54) is 0 Å². The number of carboxylic acids is 1. The minimum absolute atomic E-state index is 0.382. The van der Waals surface area contributed by atoms with Crippen LogP contribution in [0.1, 0.15) is 24.3 Å². The predicted octanol–water partition coefficient (Wildman–Crippen LogP) is 2.82. The number of hydrogen-bond acceptors (Lipinski definition) is 2. The van der Waals surface area contributed by atoms with Crippen LogP contribution >= 0.6 is 15.9 Å². The smallest absolute Gasteiger partial charge is 0.311 e. The Balaban J connectivity index is 2.46. The molecule has 3 nitrogen and oxygen atoms in total. The summed E-state index contributed by atoms with van der Waals surface area (Å²) in [6.45, 7) is 0.846. The summed E-state index contributed by atoms with van der Waals surface area (Å²) in [5.41, 5.74) is 1.83. The molecule has 0 spiro atoms. The van der Waals surface area contributed by atoms with E-state index in [0.29, 0.717) is 6.42 Å². The Morgan fingerprint density at radius 3 is 3.07 bits per heavy atom. The monoisotopic (exact) mass is 269 g/mol. The second-order valence-corrected chi connectivity index (χ2v) is 4.61. The summed E-state index contributed by atoms with van der Waals surface area (Å²) in [6.07, 6.45) is 1.59. The van der Waals surface area contributed by atoms with E-state index in [4.69, 9.17) is 5.11 Å². The molecule has 1 aliphatic rings. The number of rotatable bonds is 1. The van der Waals surface area contributed by atoms with Crippen LogP contribution in [0.3, 0.4) is 0 Å². The van der Waals surface area contributed by atoms with Gasteiger partial charge < -0.3 is 10.4 Å². The molecule has 0 radical (unpaired) electrons. The molecule has 80 valence electrons. The van der Waals surface area contributed by atoms with Crippen LogP contribution in [0.5, 0.6) is 0 Å². The van der Waals surface area contributed by atoms with Crippen molar-refractivity contribution in [1.29, 1.82) is 0 Å². The molecule has 0 saturated carbocycles. The lowest BCUT2D eigenvalue weighted by Crippen LogP contribution is -2.11. The van der Waals surface area contributed by atoms with Crippen molar-refractivity contribution in [3.8, 4) is 0 Å². The van der Waals surface area contributed by atoms with Crippen molar-refractivity contribution < 1.29 is 9.90 Å². The van der Waals surface area contributed by atoms with Crippen LogP contribution in [-0.2, 0) is 4.79 Å². The van der Waals surface area contributed by atoms with Gasteiger partial charge in [0.25, 0.3) is 0 Å². The summed E-state index contributed by atoms with van der Waals surface area (Å²) in [7, 11) is 0. The molecule has 1 aliphatic heterocycles. The number of carboxylic acid groups (broad SMARTS) is 1. The van der Waals surface area contributed by atoms with Crippen LogP contribution in [0.4, 0.5) is 5.69 Å². The van der Waals surface area contributed by atoms with Crippen molar-refractivity contribution in [2.75, 3.05) is 11.9 Å². The first-order chi connectivity index (χ1) is 7.18. The van der Waals surface area contributed by atoms with Gasteiger partial charge in [-0.15, -0.1) is 0 Å². The fourth-order valence-corrected chi connectivity index (χ4v) is 2.30. The van der Waals surface area contributed by atoms with Gasteiger partial charge in [-0.2, -0.15) is 0 Å². The normalized spacial score (nSPS) is 19.9. The zero-order chi connectivity index (χ0) is 10.8. The molecule has 2 N–H and O–H groups in total. The van der Waals surface area contributed by atoms with Gasteiger partial charge in [-0.3, -0.25) is 4.79 Å². The highest BCUT2D eigenvalue weighted by Crippen LogP contribution is 2.33. The summed E-state index contributed by atoms with van der Waals surface area (Å²) < 4.78 is 0.927. The van der Waals surface area contributed by atoms with Crippen molar-refractivity contribution in [2.24, 2.45) is 0 Å². The SMILES string of the molecule is O=C(O)C1CCCNc2ccc(Br)cc21. The predicted molar refractivity (Wildman–Crippen MR) is 62.2 cm³/mol. The molecule has 0 aliphatic carbocycles. The summed E-state index contributed by atoms with van der Waals surface area (Å²) >= 11 is 3.37. The number of benzene rings is 1. The summed E-state index contributed by atoms with van der Waals surface area (Å²) in [6, 6.07) is 5.75. The Morgan fingerprint density at radius 2 is 2.33 bits per heavy atom. The molecule has 2 rings (SSSR count). The minimum atomic E-state index is -0.738. The second kappa shape index (κ2) is 4.23. The third-order valence-corrected chi connectivity index (χ3v) is 3.17. The van der Waals surface area contributed by atoms with Crippen LogP contribution in [0.2, 0.25) is 0 Å². The van der Waals surface area contributed by atoms with Gasteiger partial charge in [0, 0.05) is 16.7 Å². The quantitative estimate of drug-likeness (QED) is 0.825. The number of hydrogen-bond donors (Lipinski definition) is 2. The van der Waals surface area contributed by atoms with Crippen LogP contribution in [0.15, 0.2) is 22.7 Å². The van der Waals surface area contributed by atoms with Gasteiger partial charge in [0.2, 0.25) is 0 Å². The third kappa shape index (κ3) is 2.15. The average Bonchev–Trinajstić information content (AvgIpc) is 2.39. The summed E-state index contributed by atoms with van der Waals surface area (Å²) in [4.78, 5) is 11.1. The van der Waals surface area contributed by atoms with Gasteiger partial charge in [0.15, 0.2) is 0 Å². The van der Waals surface area contributed by atoms with E-state index in [0.717, 1.165) is 28.7 Å². The lowest BCUT2D eigenvalue weighted by atomic mass is 9.94.